The van der Waals surface area contributed by atoms with Gasteiger partial charge < -0.3 is 15.4 Å². The third-order valence-corrected chi connectivity index (χ3v) is 2.85. The molecule has 1 amide bonds. The van der Waals surface area contributed by atoms with Crippen molar-refractivity contribution in [3.8, 4) is 0 Å². The molecule has 4 nitrogen and oxygen atoms in total. The van der Waals surface area contributed by atoms with Gasteiger partial charge in [0, 0.05) is 26.7 Å². The zero-order valence-corrected chi connectivity index (χ0v) is 9.25. The van der Waals surface area contributed by atoms with E-state index >= 15 is 0 Å². The maximum atomic E-state index is 11.9. The van der Waals surface area contributed by atoms with Gasteiger partial charge >= 0.3 is 0 Å². The summed E-state index contributed by atoms with van der Waals surface area (Å²) in [5.74, 6) is 0.138. The maximum Gasteiger partial charge on any atom is 0.229 e. The maximum absolute atomic E-state index is 11.9. The molecule has 0 aromatic rings. The summed E-state index contributed by atoms with van der Waals surface area (Å²) in [6, 6.07) is 0. The molecule has 1 aliphatic rings. The van der Waals surface area contributed by atoms with Gasteiger partial charge in [-0.15, -0.1) is 0 Å². The average Bonchev–Trinajstić information content (AvgIpc) is 2.64. The summed E-state index contributed by atoms with van der Waals surface area (Å²) in [7, 11) is 1.69. The Bertz CT molecular complexity index is 216. The van der Waals surface area contributed by atoms with Gasteiger partial charge in [-0.2, -0.15) is 0 Å². The number of likely N-dealkylation sites (tertiary alicyclic amines) is 1. The van der Waals surface area contributed by atoms with Crippen LogP contribution in [0.4, 0.5) is 0 Å². The second-order valence-corrected chi connectivity index (χ2v) is 4.49. The van der Waals surface area contributed by atoms with Crippen LogP contribution in [0, 0.1) is 5.41 Å². The first-order chi connectivity index (χ1) is 6.51. The van der Waals surface area contributed by atoms with Crippen LogP contribution in [0.15, 0.2) is 0 Å². The van der Waals surface area contributed by atoms with Crippen LogP contribution >= 0.6 is 0 Å². The fourth-order valence-electron chi connectivity index (χ4n) is 1.62. The number of methoxy groups -OCH3 is 1. The average molecular weight is 200 g/mol. The number of ether oxygens (including phenoxy) is 1. The number of hydrogen-bond acceptors (Lipinski definition) is 3. The molecule has 1 saturated heterocycles. The lowest BCUT2D eigenvalue weighted by Gasteiger charge is -2.27. The Morgan fingerprint density at radius 1 is 1.64 bits per heavy atom. The quantitative estimate of drug-likeness (QED) is 0.709. The van der Waals surface area contributed by atoms with Gasteiger partial charge in [0.2, 0.25) is 5.91 Å². The van der Waals surface area contributed by atoms with E-state index in [4.69, 9.17) is 10.5 Å². The minimum Gasteiger partial charge on any atom is -0.380 e. The van der Waals surface area contributed by atoms with Crippen LogP contribution < -0.4 is 5.73 Å². The molecule has 1 fully saturated rings. The Morgan fingerprint density at radius 2 is 2.29 bits per heavy atom. The number of nitrogens with zero attached hydrogens (tertiary/aromatic N) is 1. The summed E-state index contributed by atoms with van der Waals surface area (Å²) in [6.45, 7) is 5.66. The predicted molar refractivity (Wildman–Crippen MR) is 54.8 cm³/mol. The zero-order valence-electron chi connectivity index (χ0n) is 9.25. The van der Waals surface area contributed by atoms with Crippen LogP contribution in [0.3, 0.4) is 0 Å². The van der Waals surface area contributed by atoms with Gasteiger partial charge in [-0.1, -0.05) is 0 Å². The van der Waals surface area contributed by atoms with Crippen molar-refractivity contribution in [2.24, 2.45) is 11.1 Å². The van der Waals surface area contributed by atoms with Crippen LogP contribution in [-0.2, 0) is 9.53 Å². The zero-order chi connectivity index (χ0) is 10.8. The topological polar surface area (TPSA) is 55.6 Å². The molecule has 0 aromatic heterocycles. The molecular formula is C10H20N2O2. The van der Waals surface area contributed by atoms with E-state index in [0.717, 1.165) is 13.0 Å². The fraction of sp³-hybridized carbons (Fsp3) is 0.900. The largest absolute Gasteiger partial charge is 0.380 e. The van der Waals surface area contributed by atoms with Crippen LogP contribution in [-0.4, -0.2) is 43.7 Å². The molecule has 1 rings (SSSR count). The molecule has 0 aliphatic carbocycles. The number of nitrogens with two attached hydrogens (primary N) is 1. The van der Waals surface area contributed by atoms with Gasteiger partial charge in [-0.05, 0) is 20.3 Å². The Kier molecular flexibility index (Phi) is 3.50. The van der Waals surface area contributed by atoms with E-state index in [-0.39, 0.29) is 12.0 Å². The van der Waals surface area contributed by atoms with Gasteiger partial charge in [0.15, 0.2) is 0 Å². The molecule has 0 saturated carbocycles. The molecule has 14 heavy (non-hydrogen) atoms. The Balaban J connectivity index is 2.55. The van der Waals surface area contributed by atoms with E-state index in [2.05, 4.69) is 0 Å². The normalized spacial score (nSPS) is 22.9. The first-order valence-electron chi connectivity index (χ1n) is 5.03. The molecule has 0 bridgehead atoms. The Morgan fingerprint density at radius 3 is 2.71 bits per heavy atom. The number of amides is 1. The molecule has 1 atom stereocenters. The third kappa shape index (κ3) is 2.25. The fourth-order valence-corrected chi connectivity index (χ4v) is 1.62. The summed E-state index contributed by atoms with van der Waals surface area (Å²) in [5, 5.41) is 0. The molecule has 1 heterocycles. The third-order valence-electron chi connectivity index (χ3n) is 2.85. The highest BCUT2D eigenvalue weighted by Crippen LogP contribution is 2.21. The van der Waals surface area contributed by atoms with Crippen LogP contribution in [0.25, 0.3) is 0 Å². The Hall–Kier alpha value is -0.610. The second-order valence-electron chi connectivity index (χ2n) is 4.49. The highest BCUT2D eigenvalue weighted by Gasteiger charge is 2.34. The van der Waals surface area contributed by atoms with E-state index < -0.39 is 5.41 Å². The first-order valence-corrected chi connectivity index (χ1v) is 5.03. The monoisotopic (exact) mass is 200 g/mol. The summed E-state index contributed by atoms with van der Waals surface area (Å²) >= 11 is 0. The number of hydrogen-bond donors (Lipinski definition) is 1. The molecule has 82 valence electrons. The highest BCUT2D eigenvalue weighted by molar-refractivity contribution is 5.82. The first kappa shape index (κ1) is 11.5. The van der Waals surface area contributed by atoms with Crippen molar-refractivity contribution in [1.82, 2.24) is 4.90 Å². The molecule has 0 aromatic carbocycles. The lowest BCUT2D eigenvalue weighted by Crippen LogP contribution is -2.44. The summed E-state index contributed by atoms with van der Waals surface area (Å²) < 4.78 is 5.21. The Labute approximate surface area is 85.4 Å². The minimum absolute atomic E-state index is 0.138. The molecule has 4 heteroatoms. The van der Waals surface area contributed by atoms with E-state index in [9.17, 15) is 4.79 Å². The number of carbonyl (C=O) groups is 1. The van der Waals surface area contributed by atoms with Gasteiger partial charge in [-0.25, -0.2) is 0 Å². The van der Waals surface area contributed by atoms with Crippen molar-refractivity contribution in [2.45, 2.75) is 26.4 Å². The van der Waals surface area contributed by atoms with E-state index in [1.165, 1.54) is 0 Å². The SMILES string of the molecule is CO[C@@H]1CCN(C(=O)C(C)(C)CN)C1. The van der Waals surface area contributed by atoms with Crippen LogP contribution in [0.2, 0.25) is 0 Å². The van der Waals surface area contributed by atoms with Crippen molar-refractivity contribution in [2.75, 3.05) is 26.7 Å². The molecule has 2 N–H and O–H groups in total. The van der Waals surface area contributed by atoms with Gasteiger partial charge in [0.1, 0.15) is 0 Å². The summed E-state index contributed by atoms with van der Waals surface area (Å²) in [6.07, 6.45) is 1.13. The number of rotatable bonds is 3. The molecule has 0 unspecified atom stereocenters. The predicted octanol–water partition coefficient (Wildman–Crippen LogP) is 0.219. The number of carbonyl (C=O) groups excluding carboxylic acids is 1. The lowest BCUT2D eigenvalue weighted by atomic mass is 9.92. The molecular weight excluding hydrogens is 180 g/mol. The lowest BCUT2D eigenvalue weighted by molar-refractivity contribution is -0.139. The molecule has 1 aliphatic heterocycles. The highest BCUT2D eigenvalue weighted by atomic mass is 16.5. The summed E-state index contributed by atoms with van der Waals surface area (Å²) in [5.41, 5.74) is 5.12. The van der Waals surface area contributed by atoms with Crippen molar-refractivity contribution in [3.63, 3.8) is 0 Å². The van der Waals surface area contributed by atoms with Gasteiger partial charge in [0.05, 0.1) is 11.5 Å². The van der Waals surface area contributed by atoms with Crippen LogP contribution in [0.1, 0.15) is 20.3 Å². The van der Waals surface area contributed by atoms with Crippen molar-refractivity contribution < 1.29 is 9.53 Å². The smallest absolute Gasteiger partial charge is 0.229 e. The van der Waals surface area contributed by atoms with Crippen LogP contribution in [0.5, 0.6) is 0 Å². The summed E-state index contributed by atoms with van der Waals surface area (Å²) in [4.78, 5) is 13.8. The molecule has 0 spiro atoms. The minimum atomic E-state index is -0.442. The van der Waals surface area contributed by atoms with E-state index in [0.29, 0.717) is 13.1 Å². The van der Waals surface area contributed by atoms with Crippen molar-refractivity contribution >= 4 is 5.91 Å². The molecule has 0 radical (unpaired) electrons. The van der Waals surface area contributed by atoms with Crippen molar-refractivity contribution in [1.29, 1.82) is 0 Å². The second kappa shape index (κ2) is 4.28. The van der Waals surface area contributed by atoms with E-state index in [1.54, 1.807) is 7.11 Å². The van der Waals surface area contributed by atoms with Gasteiger partial charge in [0.25, 0.3) is 0 Å². The van der Waals surface area contributed by atoms with Gasteiger partial charge in [-0.3, -0.25) is 4.79 Å². The van der Waals surface area contributed by atoms with Crippen molar-refractivity contribution in [3.05, 3.63) is 0 Å². The van der Waals surface area contributed by atoms with E-state index in [1.807, 2.05) is 18.7 Å². The standard InChI is InChI=1S/C10H20N2O2/c1-10(2,7-11)9(13)12-5-4-8(6-12)14-3/h8H,4-7,11H2,1-3H3/t8-/m1/s1.